The van der Waals surface area contributed by atoms with Crippen molar-refractivity contribution in [2.75, 3.05) is 0 Å². The summed E-state index contributed by atoms with van der Waals surface area (Å²) in [4.78, 5) is 1.34. The van der Waals surface area contributed by atoms with Crippen molar-refractivity contribution in [1.82, 2.24) is 4.72 Å². The Morgan fingerprint density at radius 2 is 2.00 bits per heavy atom. The minimum absolute atomic E-state index is 0.124. The number of halogens is 2. The SMILES string of the molecule is O=S(=O)(N[C@@H](c1cccs1)C1CC1)c1cc(Br)ccc1Br. The molecule has 1 aliphatic rings. The van der Waals surface area contributed by atoms with Crippen molar-refractivity contribution in [3.05, 3.63) is 49.5 Å². The Morgan fingerprint density at radius 3 is 2.62 bits per heavy atom. The molecule has 3 nitrogen and oxygen atoms in total. The Morgan fingerprint density at radius 1 is 1.24 bits per heavy atom. The largest absolute Gasteiger partial charge is 0.242 e. The van der Waals surface area contributed by atoms with Crippen molar-refractivity contribution in [3.63, 3.8) is 0 Å². The molecular weight excluding hydrogens is 438 g/mol. The zero-order valence-electron chi connectivity index (χ0n) is 10.9. The Bertz CT molecular complexity index is 740. The molecule has 1 aromatic carbocycles. The van der Waals surface area contributed by atoms with Gasteiger partial charge in [-0.15, -0.1) is 11.3 Å². The fourth-order valence-electron chi connectivity index (χ4n) is 2.20. The van der Waals surface area contributed by atoms with Gasteiger partial charge in [0.2, 0.25) is 10.0 Å². The molecule has 7 heteroatoms. The molecule has 0 saturated heterocycles. The summed E-state index contributed by atoms with van der Waals surface area (Å²) < 4.78 is 29.6. The maximum atomic E-state index is 12.7. The second-order valence-electron chi connectivity index (χ2n) is 5.03. The van der Waals surface area contributed by atoms with Gasteiger partial charge in [-0.3, -0.25) is 0 Å². The summed E-state index contributed by atoms with van der Waals surface area (Å²) in [6.45, 7) is 0. The van der Waals surface area contributed by atoms with Crippen LogP contribution in [0.25, 0.3) is 0 Å². The van der Waals surface area contributed by atoms with E-state index in [4.69, 9.17) is 0 Å². The van der Waals surface area contributed by atoms with E-state index < -0.39 is 10.0 Å². The Kier molecular flexibility index (Phi) is 4.57. The van der Waals surface area contributed by atoms with Crippen molar-refractivity contribution < 1.29 is 8.42 Å². The van der Waals surface area contributed by atoms with Gasteiger partial charge in [-0.25, -0.2) is 13.1 Å². The lowest BCUT2D eigenvalue weighted by Crippen LogP contribution is -2.29. The normalized spacial score (nSPS) is 16.9. The van der Waals surface area contributed by atoms with Crippen LogP contribution in [-0.2, 0) is 10.0 Å². The van der Waals surface area contributed by atoms with Crippen molar-refractivity contribution in [3.8, 4) is 0 Å². The van der Waals surface area contributed by atoms with Crippen LogP contribution in [-0.4, -0.2) is 8.42 Å². The van der Waals surface area contributed by atoms with Gasteiger partial charge in [0.25, 0.3) is 0 Å². The van der Waals surface area contributed by atoms with Crippen LogP contribution in [0.5, 0.6) is 0 Å². The first-order valence-electron chi connectivity index (χ1n) is 6.48. The summed E-state index contributed by atoms with van der Waals surface area (Å²) in [6.07, 6.45) is 2.15. The maximum absolute atomic E-state index is 12.7. The molecule has 3 rings (SSSR count). The summed E-state index contributed by atoms with van der Waals surface area (Å²) in [5, 5.41) is 1.98. The molecule has 0 bridgehead atoms. The van der Waals surface area contributed by atoms with E-state index in [0.717, 1.165) is 22.2 Å². The Labute approximate surface area is 145 Å². The molecule has 1 aromatic heterocycles. The van der Waals surface area contributed by atoms with E-state index in [0.29, 0.717) is 10.4 Å². The van der Waals surface area contributed by atoms with E-state index in [1.807, 2.05) is 17.5 Å². The Hall–Kier alpha value is -0.210. The molecule has 1 atom stereocenters. The predicted molar refractivity (Wildman–Crippen MR) is 91.9 cm³/mol. The summed E-state index contributed by atoms with van der Waals surface area (Å²) in [7, 11) is -3.56. The summed E-state index contributed by atoms with van der Waals surface area (Å²) in [6, 6.07) is 8.98. The lowest BCUT2D eigenvalue weighted by Gasteiger charge is -2.18. The number of hydrogen-bond donors (Lipinski definition) is 1. The van der Waals surface area contributed by atoms with Crippen molar-refractivity contribution in [2.45, 2.75) is 23.8 Å². The molecule has 0 amide bonds. The van der Waals surface area contributed by atoms with Gasteiger partial charge in [-0.1, -0.05) is 22.0 Å². The highest BCUT2D eigenvalue weighted by atomic mass is 79.9. The highest BCUT2D eigenvalue weighted by Gasteiger charge is 2.36. The van der Waals surface area contributed by atoms with Crippen LogP contribution in [0.2, 0.25) is 0 Å². The van der Waals surface area contributed by atoms with Crippen LogP contribution in [0, 0.1) is 5.92 Å². The van der Waals surface area contributed by atoms with E-state index in [-0.39, 0.29) is 10.9 Å². The van der Waals surface area contributed by atoms with E-state index in [9.17, 15) is 8.42 Å². The smallest absolute Gasteiger partial charge is 0.207 e. The second-order valence-corrected chi connectivity index (χ2v) is 9.46. The zero-order chi connectivity index (χ0) is 15.0. The van der Waals surface area contributed by atoms with Crippen LogP contribution >= 0.6 is 43.2 Å². The van der Waals surface area contributed by atoms with E-state index in [2.05, 4.69) is 36.6 Å². The number of thiophene rings is 1. The molecule has 2 aromatic rings. The van der Waals surface area contributed by atoms with Gasteiger partial charge < -0.3 is 0 Å². The third-order valence-electron chi connectivity index (χ3n) is 3.41. The minimum Gasteiger partial charge on any atom is -0.207 e. The molecule has 0 spiro atoms. The van der Waals surface area contributed by atoms with E-state index in [1.165, 1.54) is 0 Å². The lowest BCUT2D eigenvalue weighted by molar-refractivity contribution is 0.533. The van der Waals surface area contributed by atoms with E-state index in [1.54, 1.807) is 29.5 Å². The molecule has 0 radical (unpaired) electrons. The van der Waals surface area contributed by atoms with E-state index >= 15 is 0 Å². The molecule has 1 fully saturated rings. The predicted octanol–water partition coefficient (Wildman–Crippen LogP) is 4.70. The first-order valence-corrected chi connectivity index (χ1v) is 10.4. The second kappa shape index (κ2) is 6.12. The molecule has 112 valence electrons. The highest BCUT2D eigenvalue weighted by molar-refractivity contribution is 9.11. The molecular formula is C14H13Br2NO2S2. The van der Waals surface area contributed by atoms with Gasteiger partial charge in [0, 0.05) is 13.8 Å². The number of benzene rings is 1. The molecule has 1 heterocycles. The molecule has 21 heavy (non-hydrogen) atoms. The van der Waals surface area contributed by atoms with Crippen molar-refractivity contribution in [2.24, 2.45) is 5.92 Å². The number of rotatable bonds is 5. The zero-order valence-corrected chi connectivity index (χ0v) is 15.7. The summed E-state index contributed by atoms with van der Waals surface area (Å²) in [5.74, 6) is 0.407. The van der Waals surface area contributed by atoms with Crippen LogP contribution in [0.3, 0.4) is 0 Å². The molecule has 0 aliphatic heterocycles. The fourth-order valence-corrected chi connectivity index (χ4v) is 5.93. The van der Waals surface area contributed by atoms with Crippen molar-refractivity contribution >= 4 is 53.2 Å². The first kappa shape index (κ1) is 15.7. The third-order valence-corrected chi connectivity index (χ3v) is 7.29. The standard InChI is InChI=1S/C14H13Br2NO2S2/c15-10-5-6-11(16)13(8-10)21(18,19)17-14(9-3-4-9)12-2-1-7-20-12/h1-2,5-9,14,17H,3-4H2/t14-/m1/s1. The quantitative estimate of drug-likeness (QED) is 0.717. The first-order chi connectivity index (χ1) is 9.97. The van der Waals surface area contributed by atoms with Gasteiger partial charge in [-0.2, -0.15) is 0 Å². The fraction of sp³-hybridized carbons (Fsp3) is 0.286. The Balaban J connectivity index is 1.93. The molecule has 1 aliphatic carbocycles. The van der Waals surface area contributed by atoms with Gasteiger partial charge in [-0.05, 0) is 64.3 Å². The number of nitrogens with one attached hydrogen (secondary N) is 1. The molecule has 1 saturated carbocycles. The van der Waals surface area contributed by atoms with Crippen LogP contribution in [0.4, 0.5) is 0 Å². The average molecular weight is 451 g/mol. The van der Waals surface area contributed by atoms with Gasteiger partial charge in [0.05, 0.1) is 10.9 Å². The highest BCUT2D eigenvalue weighted by Crippen LogP contribution is 2.43. The number of sulfonamides is 1. The third kappa shape index (κ3) is 3.59. The van der Waals surface area contributed by atoms with Gasteiger partial charge in [0.1, 0.15) is 0 Å². The topological polar surface area (TPSA) is 46.2 Å². The minimum atomic E-state index is -3.56. The van der Waals surface area contributed by atoms with Crippen LogP contribution in [0.15, 0.2) is 49.6 Å². The molecule has 1 N–H and O–H groups in total. The average Bonchev–Trinajstić information content (AvgIpc) is 3.13. The number of hydrogen-bond acceptors (Lipinski definition) is 3. The lowest BCUT2D eigenvalue weighted by atomic mass is 10.2. The molecule has 0 unspecified atom stereocenters. The van der Waals surface area contributed by atoms with Crippen LogP contribution < -0.4 is 4.72 Å². The van der Waals surface area contributed by atoms with Gasteiger partial charge >= 0.3 is 0 Å². The summed E-state index contributed by atoms with van der Waals surface area (Å²) >= 11 is 8.24. The maximum Gasteiger partial charge on any atom is 0.242 e. The van der Waals surface area contributed by atoms with Gasteiger partial charge in [0.15, 0.2) is 0 Å². The van der Waals surface area contributed by atoms with Crippen molar-refractivity contribution in [1.29, 1.82) is 0 Å². The summed E-state index contributed by atoms with van der Waals surface area (Å²) in [5.41, 5.74) is 0. The monoisotopic (exact) mass is 449 g/mol. The van der Waals surface area contributed by atoms with Crippen LogP contribution in [0.1, 0.15) is 23.8 Å².